The lowest BCUT2D eigenvalue weighted by Gasteiger charge is -2.10. The molecule has 1 heterocycles. The molecule has 0 fully saturated rings. The minimum atomic E-state index is -0.415. The Hall–Kier alpha value is -3.99. The Kier molecular flexibility index (Phi) is 5.79. The van der Waals surface area contributed by atoms with E-state index in [0.717, 1.165) is 6.21 Å². The zero-order valence-corrected chi connectivity index (χ0v) is 14.0. The SMILES string of the molecule is Cc1cc(C#N)cnc1C(=O)Nc1ccc(N)c(C(N)=N/C=C\C=N)c1. The second kappa shape index (κ2) is 8.21. The number of amides is 1. The minimum Gasteiger partial charge on any atom is -0.398 e. The van der Waals surface area contributed by atoms with Crippen LogP contribution in [0.3, 0.4) is 0 Å². The number of hydrogen-bond donors (Lipinski definition) is 4. The first-order chi connectivity index (χ1) is 12.5. The van der Waals surface area contributed by atoms with Gasteiger partial charge in [0.05, 0.1) is 5.56 Å². The highest BCUT2D eigenvalue weighted by Gasteiger charge is 2.13. The number of anilines is 2. The summed E-state index contributed by atoms with van der Waals surface area (Å²) in [6, 6.07) is 8.41. The van der Waals surface area contributed by atoms with E-state index in [1.807, 2.05) is 6.07 Å². The average molecular weight is 347 g/mol. The Morgan fingerprint density at radius 3 is 2.85 bits per heavy atom. The molecule has 0 aliphatic heterocycles. The van der Waals surface area contributed by atoms with Crippen LogP contribution in [0.2, 0.25) is 0 Å². The highest BCUT2D eigenvalue weighted by atomic mass is 16.1. The molecule has 2 aromatic rings. The number of nitrogens with two attached hydrogens (primary N) is 2. The molecule has 0 spiro atoms. The van der Waals surface area contributed by atoms with Gasteiger partial charge in [0, 0.05) is 35.5 Å². The van der Waals surface area contributed by atoms with Crippen LogP contribution in [0.25, 0.3) is 0 Å². The van der Waals surface area contributed by atoms with Crippen molar-refractivity contribution in [3.05, 3.63) is 65.1 Å². The summed E-state index contributed by atoms with van der Waals surface area (Å²) in [6.07, 6.45) is 5.20. The van der Waals surface area contributed by atoms with Crippen molar-refractivity contribution in [1.82, 2.24) is 4.98 Å². The van der Waals surface area contributed by atoms with Crippen molar-refractivity contribution in [1.29, 1.82) is 10.7 Å². The number of hydrogen-bond acceptors (Lipinski definition) is 6. The van der Waals surface area contributed by atoms with E-state index in [1.54, 1.807) is 31.2 Å². The second-order valence-corrected chi connectivity index (χ2v) is 5.28. The lowest BCUT2D eigenvalue weighted by Crippen LogP contribution is -2.18. The van der Waals surface area contributed by atoms with Crippen LogP contribution in [0, 0.1) is 23.7 Å². The van der Waals surface area contributed by atoms with Crippen molar-refractivity contribution >= 4 is 29.3 Å². The fourth-order valence-corrected chi connectivity index (χ4v) is 2.16. The maximum Gasteiger partial charge on any atom is 0.274 e. The maximum absolute atomic E-state index is 12.4. The fraction of sp³-hybridized carbons (Fsp3) is 0.0556. The molecule has 0 aliphatic rings. The number of aliphatic imine (C=N–C) groups is 1. The lowest BCUT2D eigenvalue weighted by molar-refractivity contribution is 0.102. The van der Waals surface area contributed by atoms with Crippen LogP contribution in [0.15, 0.2) is 47.7 Å². The molecule has 8 nitrogen and oxygen atoms in total. The first-order valence-corrected chi connectivity index (χ1v) is 7.53. The molecule has 6 N–H and O–H groups in total. The number of pyridine rings is 1. The van der Waals surface area contributed by atoms with Gasteiger partial charge in [-0.25, -0.2) is 9.98 Å². The van der Waals surface area contributed by atoms with E-state index in [0.29, 0.717) is 28.1 Å². The van der Waals surface area contributed by atoms with E-state index in [-0.39, 0.29) is 11.5 Å². The molecule has 2 rings (SSSR count). The van der Waals surface area contributed by atoms with E-state index >= 15 is 0 Å². The minimum absolute atomic E-state index is 0.157. The van der Waals surface area contributed by atoms with E-state index in [9.17, 15) is 4.79 Å². The lowest BCUT2D eigenvalue weighted by atomic mass is 10.1. The summed E-state index contributed by atoms with van der Waals surface area (Å²) >= 11 is 0. The standard InChI is InChI=1S/C18H17N7O/c1-11-7-12(9-20)10-24-16(11)18(26)25-13-3-4-15(21)14(8-13)17(22)23-6-2-5-19/h2-8,10,19H,21H2,1H3,(H2,22,23)(H,25,26)/b6-2-,19-5?. The number of allylic oxidation sites excluding steroid dienone is 1. The Labute approximate surface area is 150 Å². The van der Waals surface area contributed by atoms with Gasteiger partial charge in [0.2, 0.25) is 0 Å². The zero-order valence-electron chi connectivity index (χ0n) is 14.0. The molecular weight excluding hydrogens is 330 g/mol. The first kappa shape index (κ1) is 18.4. The molecule has 130 valence electrons. The third kappa shape index (κ3) is 4.30. The van der Waals surface area contributed by atoms with Crippen molar-refractivity contribution in [3.8, 4) is 6.07 Å². The van der Waals surface area contributed by atoms with Gasteiger partial charge < -0.3 is 22.2 Å². The van der Waals surface area contributed by atoms with Crippen LogP contribution in [0.4, 0.5) is 11.4 Å². The number of nitriles is 1. The molecule has 0 atom stereocenters. The Balaban J connectivity index is 2.28. The van der Waals surface area contributed by atoms with Crippen LogP contribution in [-0.2, 0) is 0 Å². The summed E-state index contributed by atoms with van der Waals surface area (Å²) in [5.41, 5.74) is 14.3. The Morgan fingerprint density at radius 1 is 1.42 bits per heavy atom. The number of aryl methyl sites for hydroxylation is 1. The van der Waals surface area contributed by atoms with Gasteiger partial charge in [-0.15, -0.1) is 0 Å². The van der Waals surface area contributed by atoms with E-state index in [2.05, 4.69) is 15.3 Å². The largest absolute Gasteiger partial charge is 0.398 e. The van der Waals surface area contributed by atoms with Gasteiger partial charge in [-0.3, -0.25) is 4.79 Å². The van der Waals surface area contributed by atoms with Crippen molar-refractivity contribution in [2.45, 2.75) is 6.92 Å². The number of nitrogens with one attached hydrogen (secondary N) is 2. The topological polar surface area (TPSA) is 154 Å². The molecule has 0 aliphatic carbocycles. The average Bonchev–Trinajstić information content (AvgIpc) is 2.63. The number of aromatic nitrogens is 1. The highest BCUT2D eigenvalue weighted by molar-refractivity contribution is 6.06. The second-order valence-electron chi connectivity index (χ2n) is 5.28. The molecule has 1 aromatic carbocycles. The van der Waals surface area contributed by atoms with Crippen LogP contribution < -0.4 is 16.8 Å². The van der Waals surface area contributed by atoms with Gasteiger partial charge >= 0.3 is 0 Å². The van der Waals surface area contributed by atoms with Crippen molar-refractivity contribution in [2.75, 3.05) is 11.1 Å². The normalized spacial score (nSPS) is 11.2. The monoisotopic (exact) mass is 347 g/mol. The summed E-state index contributed by atoms with van der Waals surface area (Å²) in [5.74, 6) is -0.258. The van der Waals surface area contributed by atoms with Gasteiger partial charge in [0.25, 0.3) is 5.91 Å². The molecule has 0 radical (unpaired) electrons. The van der Waals surface area contributed by atoms with Crippen LogP contribution in [0.5, 0.6) is 0 Å². The van der Waals surface area contributed by atoms with Gasteiger partial charge in [-0.2, -0.15) is 5.26 Å². The third-order valence-electron chi connectivity index (χ3n) is 3.41. The number of benzene rings is 1. The van der Waals surface area contributed by atoms with Crippen molar-refractivity contribution in [2.24, 2.45) is 10.7 Å². The number of carbonyl (C=O) groups excluding carboxylic acids is 1. The summed E-state index contributed by atoms with van der Waals surface area (Å²) in [7, 11) is 0. The smallest absolute Gasteiger partial charge is 0.274 e. The zero-order chi connectivity index (χ0) is 19.1. The Morgan fingerprint density at radius 2 is 2.19 bits per heavy atom. The predicted molar refractivity (Wildman–Crippen MR) is 101 cm³/mol. The summed E-state index contributed by atoms with van der Waals surface area (Å²) < 4.78 is 0. The fourth-order valence-electron chi connectivity index (χ4n) is 2.16. The third-order valence-corrected chi connectivity index (χ3v) is 3.41. The highest BCUT2D eigenvalue weighted by Crippen LogP contribution is 2.19. The molecule has 0 unspecified atom stereocenters. The van der Waals surface area contributed by atoms with Crippen molar-refractivity contribution in [3.63, 3.8) is 0 Å². The molecule has 8 heteroatoms. The van der Waals surface area contributed by atoms with Crippen molar-refractivity contribution < 1.29 is 4.79 Å². The molecule has 0 saturated heterocycles. The maximum atomic E-state index is 12.4. The summed E-state index contributed by atoms with van der Waals surface area (Å²) in [6.45, 7) is 1.71. The van der Waals surface area contributed by atoms with Gasteiger partial charge in [0.15, 0.2) is 0 Å². The van der Waals surface area contributed by atoms with E-state index in [1.165, 1.54) is 18.5 Å². The molecule has 1 aromatic heterocycles. The molecule has 0 saturated carbocycles. The van der Waals surface area contributed by atoms with Gasteiger partial charge in [-0.1, -0.05) is 0 Å². The van der Waals surface area contributed by atoms with Gasteiger partial charge in [-0.05, 0) is 42.8 Å². The Bertz CT molecular complexity index is 954. The number of amidine groups is 1. The van der Waals surface area contributed by atoms with E-state index in [4.69, 9.17) is 22.1 Å². The van der Waals surface area contributed by atoms with E-state index < -0.39 is 5.91 Å². The molecule has 0 bridgehead atoms. The van der Waals surface area contributed by atoms with Crippen LogP contribution >= 0.6 is 0 Å². The quantitative estimate of drug-likeness (QED) is 0.370. The summed E-state index contributed by atoms with van der Waals surface area (Å²) in [5, 5.41) is 18.5. The number of carbonyl (C=O) groups is 1. The van der Waals surface area contributed by atoms with Crippen LogP contribution in [-0.4, -0.2) is 22.9 Å². The van der Waals surface area contributed by atoms with Gasteiger partial charge in [0.1, 0.15) is 17.6 Å². The predicted octanol–water partition coefficient (Wildman–Crippen LogP) is 1.96. The number of rotatable bonds is 5. The van der Waals surface area contributed by atoms with Crippen LogP contribution in [0.1, 0.15) is 27.2 Å². The molecule has 26 heavy (non-hydrogen) atoms. The first-order valence-electron chi connectivity index (χ1n) is 7.53. The molecule has 1 amide bonds. The molecular formula is C18H17N7O. The number of nitrogen functional groups attached to an aromatic ring is 1. The number of nitrogens with zero attached hydrogens (tertiary/aromatic N) is 3. The summed E-state index contributed by atoms with van der Waals surface area (Å²) in [4.78, 5) is 20.4.